The Labute approximate surface area is 143 Å². The average molecular weight is 346 g/mol. The van der Waals surface area contributed by atoms with Gasteiger partial charge in [-0.25, -0.2) is 9.59 Å². The van der Waals surface area contributed by atoms with Gasteiger partial charge in [0.2, 0.25) is 0 Å². The number of esters is 2. The van der Waals surface area contributed by atoms with Gasteiger partial charge in [-0.05, 0) is 12.1 Å². The lowest BCUT2D eigenvalue weighted by molar-refractivity contribution is -0.141. The zero-order valence-electron chi connectivity index (χ0n) is 13.8. The number of carbonyl (C=O) groups is 2. The zero-order chi connectivity index (χ0) is 18.2. The van der Waals surface area contributed by atoms with Crippen LogP contribution in [0.15, 0.2) is 46.1 Å². The van der Waals surface area contributed by atoms with E-state index in [0.29, 0.717) is 35.3 Å². The fraction of sp³-hybridized carbons (Fsp3) is 0.278. The summed E-state index contributed by atoms with van der Waals surface area (Å²) in [6.45, 7) is 5.22. The third-order valence-corrected chi connectivity index (χ3v) is 3.20. The van der Waals surface area contributed by atoms with Gasteiger partial charge >= 0.3 is 17.6 Å². The first kappa shape index (κ1) is 18.3. The maximum atomic E-state index is 11.7. The number of hydrogen-bond acceptors (Lipinski definition) is 7. The Kier molecular flexibility index (Phi) is 6.33. The Morgan fingerprint density at radius 1 is 1.20 bits per heavy atom. The molecule has 1 aromatic carbocycles. The molecule has 0 fully saturated rings. The first-order chi connectivity index (χ1) is 12.0. The lowest BCUT2D eigenvalue weighted by atomic mass is 10.1. The molecule has 0 radical (unpaired) electrons. The molecule has 7 nitrogen and oxygen atoms in total. The summed E-state index contributed by atoms with van der Waals surface area (Å²) in [6, 6.07) is 6.30. The predicted octanol–water partition coefficient (Wildman–Crippen LogP) is 2.35. The minimum Gasteiger partial charge on any atom is -0.493 e. The summed E-state index contributed by atoms with van der Waals surface area (Å²) in [5, 5.41) is 0.642. The third-order valence-electron chi connectivity index (χ3n) is 3.20. The molecule has 0 spiro atoms. The molecule has 2 rings (SSSR count). The third kappa shape index (κ3) is 5.49. The summed E-state index contributed by atoms with van der Waals surface area (Å²) >= 11 is 0. The van der Waals surface area contributed by atoms with Crippen molar-refractivity contribution in [2.24, 2.45) is 0 Å². The second-order valence-corrected chi connectivity index (χ2v) is 5.10. The van der Waals surface area contributed by atoms with Crippen molar-refractivity contribution in [1.82, 2.24) is 0 Å². The molecule has 0 atom stereocenters. The van der Waals surface area contributed by atoms with Crippen molar-refractivity contribution in [1.29, 1.82) is 0 Å². The van der Waals surface area contributed by atoms with Crippen LogP contribution < -0.4 is 10.4 Å². The Hall–Kier alpha value is -3.09. The highest BCUT2D eigenvalue weighted by molar-refractivity contribution is 5.83. The van der Waals surface area contributed by atoms with Gasteiger partial charge < -0.3 is 18.6 Å². The largest absolute Gasteiger partial charge is 0.493 e. The van der Waals surface area contributed by atoms with Gasteiger partial charge in [0.1, 0.15) is 17.9 Å². The van der Waals surface area contributed by atoms with E-state index in [0.717, 1.165) is 6.08 Å². The molecule has 1 heterocycles. The molecule has 0 N–H and O–H groups in total. The van der Waals surface area contributed by atoms with Crippen LogP contribution in [0, 0.1) is 0 Å². The fourth-order valence-electron chi connectivity index (χ4n) is 2.09. The summed E-state index contributed by atoms with van der Waals surface area (Å²) in [6.07, 6.45) is 1.59. The standard InChI is InChI=1S/C18H18O7/c1-3-17(20)24-11-13-9-18(21)25-16-10-14(5-6-15(13)16)23-8-4-7-22-12(2)19/h3,5-6,9-10H,1,4,7-8,11H2,2H3. The normalized spacial score (nSPS) is 10.3. The van der Waals surface area contributed by atoms with Crippen molar-refractivity contribution < 1.29 is 28.2 Å². The highest BCUT2D eigenvalue weighted by atomic mass is 16.5. The molecule has 7 heteroatoms. The molecule has 0 saturated carbocycles. The topological polar surface area (TPSA) is 92.0 Å². The van der Waals surface area contributed by atoms with Crippen LogP contribution in [0.1, 0.15) is 18.9 Å². The molecule has 0 amide bonds. The van der Waals surface area contributed by atoms with Crippen LogP contribution >= 0.6 is 0 Å². The lowest BCUT2D eigenvalue weighted by Gasteiger charge is -2.09. The van der Waals surface area contributed by atoms with Gasteiger partial charge in [0, 0.05) is 42.5 Å². The molecule has 0 unspecified atom stereocenters. The maximum Gasteiger partial charge on any atom is 0.336 e. The minimum absolute atomic E-state index is 0.0600. The highest BCUT2D eigenvalue weighted by Crippen LogP contribution is 2.23. The quantitative estimate of drug-likeness (QED) is 0.313. The van der Waals surface area contributed by atoms with E-state index in [-0.39, 0.29) is 19.2 Å². The van der Waals surface area contributed by atoms with Crippen molar-refractivity contribution in [3.8, 4) is 5.75 Å². The summed E-state index contributed by atoms with van der Waals surface area (Å²) in [5.41, 5.74) is 0.307. The highest BCUT2D eigenvalue weighted by Gasteiger charge is 2.09. The molecule has 25 heavy (non-hydrogen) atoms. The van der Waals surface area contributed by atoms with Crippen molar-refractivity contribution in [3.05, 3.63) is 52.9 Å². The number of carbonyl (C=O) groups excluding carboxylic acids is 2. The molecule has 2 aromatic rings. The Bertz CT molecular complexity index is 835. The van der Waals surface area contributed by atoms with E-state index in [2.05, 4.69) is 6.58 Å². The number of ether oxygens (including phenoxy) is 3. The smallest absolute Gasteiger partial charge is 0.336 e. The molecule has 0 saturated heterocycles. The van der Waals surface area contributed by atoms with E-state index in [4.69, 9.17) is 18.6 Å². The second-order valence-electron chi connectivity index (χ2n) is 5.10. The molecule has 1 aromatic heterocycles. The van der Waals surface area contributed by atoms with Crippen LogP contribution in [-0.2, 0) is 25.7 Å². The molecule has 0 aliphatic rings. The van der Waals surface area contributed by atoms with Crippen LogP contribution in [0.4, 0.5) is 0 Å². The first-order valence-corrected chi connectivity index (χ1v) is 7.61. The summed E-state index contributed by atoms with van der Waals surface area (Å²) < 4.78 is 20.5. The minimum atomic E-state index is -0.575. The fourth-order valence-corrected chi connectivity index (χ4v) is 2.09. The summed E-state index contributed by atoms with van der Waals surface area (Å²) in [5.74, 6) is -0.398. The van der Waals surface area contributed by atoms with Crippen molar-refractivity contribution >= 4 is 22.9 Å². The van der Waals surface area contributed by atoms with Gasteiger partial charge in [-0.2, -0.15) is 0 Å². The molecule has 0 aliphatic carbocycles. The van der Waals surface area contributed by atoms with E-state index in [1.165, 1.54) is 13.0 Å². The number of hydrogen-bond donors (Lipinski definition) is 0. The van der Waals surface area contributed by atoms with E-state index in [1.807, 2.05) is 0 Å². The number of rotatable bonds is 8. The van der Waals surface area contributed by atoms with Crippen LogP contribution in [0.3, 0.4) is 0 Å². The monoisotopic (exact) mass is 346 g/mol. The summed E-state index contributed by atoms with van der Waals surface area (Å²) in [4.78, 5) is 33.5. The maximum absolute atomic E-state index is 11.7. The number of benzene rings is 1. The van der Waals surface area contributed by atoms with Crippen LogP contribution in [0.2, 0.25) is 0 Å². The van der Waals surface area contributed by atoms with Crippen molar-refractivity contribution in [2.75, 3.05) is 13.2 Å². The van der Waals surface area contributed by atoms with E-state index in [9.17, 15) is 14.4 Å². The SMILES string of the molecule is C=CC(=O)OCc1cc(=O)oc2cc(OCCCOC(C)=O)ccc12. The van der Waals surface area contributed by atoms with Gasteiger partial charge in [-0.3, -0.25) is 4.79 Å². The van der Waals surface area contributed by atoms with E-state index < -0.39 is 11.6 Å². The van der Waals surface area contributed by atoms with Crippen molar-refractivity contribution in [3.63, 3.8) is 0 Å². The summed E-state index contributed by atoms with van der Waals surface area (Å²) in [7, 11) is 0. The van der Waals surface area contributed by atoms with Crippen molar-refractivity contribution in [2.45, 2.75) is 20.0 Å². The zero-order valence-corrected chi connectivity index (χ0v) is 13.8. The van der Waals surface area contributed by atoms with Gasteiger partial charge in [0.25, 0.3) is 0 Å². The lowest BCUT2D eigenvalue weighted by Crippen LogP contribution is -2.07. The van der Waals surface area contributed by atoms with Crippen LogP contribution in [0.25, 0.3) is 11.0 Å². The molecule has 132 valence electrons. The Morgan fingerprint density at radius 2 is 2.00 bits per heavy atom. The molecular weight excluding hydrogens is 328 g/mol. The number of fused-ring (bicyclic) bond motifs is 1. The van der Waals surface area contributed by atoms with Gasteiger partial charge in [0.05, 0.1) is 13.2 Å². The molecular formula is C18H18O7. The van der Waals surface area contributed by atoms with E-state index in [1.54, 1.807) is 18.2 Å². The average Bonchev–Trinajstić information content (AvgIpc) is 2.58. The van der Waals surface area contributed by atoms with E-state index >= 15 is 0 Å². The van der Waals surface area contributed by atoms with Crippen LogP contribution in [-0.4, -0.2) is 25.2 Å². The first-order valence-electron chi connectivity index (χ1n) is 7.61. The van der Waals surface area contributed by atoms with Gasteiger partial charge in [0.15, 0.2) is 0 Å². The van der Waals surface area contributed by atoms with Gasteiger partial charge in [-0.15, -0.1) is 0 Å². The Balaban J connectivity index is 2.08. The molecule has 0 aliphatic heterocycles. The molecule has 0 bridgehead atoms. The second kappa shape index (κ2) is 8.68. The van der Waals surface area contributed by atoms with Gasteiger partial charge in [-0.1, -0.05) is 6.58 Å². The predicted molar refractivity (Wildman–Crippen MR) is 89.2 cm³/mol. The Morgan fingerprint density at radius 3 is 2.72 bits per heavy atom. The van der Waals surface area contributed by atoms with Crippen LogP contribution in [0.5, 0.6) is 5.75 Å².